The summed E-state index contributed by atoms with van der Waals surface area (Å²) in [4.78, 5) is 12.5. The molecule has 1 fully saturated rings. The number of carbonyl (C=O) groups excluding carboxylic acids is 1. The maximum absolute atomic E-state index is 12.8. The van der Waals surface area contributed by atoms with E-state index in [4.69, 9.17) is 4.74 Å². The lowest BCUT2D eigenvalue weighted by Crippen LogP contribution is -2.37. The minimum Gasteiger partial charge on any atom is -0.492 e. The molecule has 1 saturated carbocycles. The summed E-state index contributed by atoms with van der Waals surface area (Å²) in [6, 6.07) is 13.7. The number of carbonyl (C=O) groups is 1. The number of hydrogen-bond acceptors (Lipinski definition) is 2. The molecule has 3 nitrogen and oxygen atoms in total. The van der Waals surface area contributed by atoms with Crippen LogP contribution in [0.2, 0.25) is 0 Å². The Morgan fingerprint density at radius 1 is 1.22 bits per heavy atom. The molecule has 1 amide bonds. The van der Waals surface area contributed by atoms with E-state index < -0.39 is 0 Å². The Balaban J connectivity index is 1.50. The molecule has 0 heterocycles. The first-order valence-corrected chi connectivity index (χ1v) is 8.32. The van der Waals surface area contributed by atoms with E-state index in [0.29, 0.717) is 18.9 Å². The summed E-state index contributed by atoms with van der Waals surface area (Å²) in [6.07, 6.45) is 1.74. The predicted octanol–water partition coefficient (Wildman–Crippen LogP) is 3.82. The number of rotatable bonds is 6. The highest BCUT2D eigenvalue weighted by atomic mass is 79.9. The van der Waals surface area contributed by atoms with E-state index in [1.807, 2.05) is 24.3 Å². The Morgan fingerprint density at radius 3 is 2.61 bits per heavy atom. The maximum atomic E-state index is 12.8. The van der Waals surface area contributed by atoms with Gasteiger partial charge in [-0.25, -0.2) is 4.39 Å². The third kappa shape index (κ3) is 3.72. The lowest BCUT2D eigenvalue weighted by Gasteiger charge is -2.16. The number of amides is 1. The molecule has 2 aromatic carbocycles. The van der Waals surface area contributed by atoms with Crippen LogP contribution >= 0.6 is 15.9 Å². The van der Waals surface area contributed by atoms with Crippen molar-refractivity contribution in [2.24, 2.45) is 0 Å². The first kappa shape index (κ1) is 16.0. The molecule has 120 valence electrons. The van der Waals surface area contributed by atoms with Crippen molar-refractivity contribution >= 4 is 21.8 Å². The van der Waals surface area contributed by atoms with E-state index in [2.05, 4.69) is 21.2 Å². The van der Waals surface area contributed by atoms with Gasteiger partial charge in [0.1, 0.15) is 18.2 Å². The molecular weight excluding hydrogens is 361 g/mol. The molecule has 0 spiro atoms. The third-order valence-corrected chi connectivity index (χ3v) is 4.53. The third-order valence-electron chi connectivity index (χ3n) is 4.03. The van der Waals surface area contributed by atoms with Gasteiger partial charge < -0.3 is 10.1 Å². The molecule has 0 atom stereocenters. The van der Waals surface area contributed by atoms with Crippen LogP contribution in [0.25, 0.3) is 0 Å². The highest BCUT2D eigenvalue weighted by Gasteiger charge is 2.51. The number of halogens is 2. The van der Waals surface area contributed by atoms with Crippen LogP contribution in [0.4, 0.5) is 4.39 Å². The maximum Gasteiger partial charge on any atom is 0.230 e. The second-order valence-electron chi connectivity index (χ2n) is 5.65. The van der Waals surface area contributed by atoms with Crippen molar-refractivity contribution in [2.45, 2.75) is 18.3 Å². The van der Waals surface area contributed by atoms with Gasteiger partial charge in [-0.05, 0) is 54.8 Å². The van der Waals surface area contributed by atoms with Crippen LogP contribution in [0.15, 0.2) is 53.0 Å². The van der Waals surface area contributed by atoms with Gasteiger partial charge in [-0.3, -0.25) is 4.79 Å². The van der Waals surface area contributed by atoms with E-state index in [1.165, 1.54) is 12.1 Å². The van der Waals surface area contributed by atoms with Crippen LogP contribution in [-0.4, -0.2) is 19.1 Å². The van der Waals surface area contributed by atoms with Crippen LogP contribution in [-0.2, 0) is 10.2 Å². The average molecular weight is 378 g/mol. The second kappa shape index (κ2) is 6.71. The Morgan fingerprint density at radius 2 is 1.96 bits per heavy atom. The Labute approximate surface area is 143 Å². The monoisotopic (exact) mass is 377 g/mol. The average Bonchev–Trinajstić information content (AvgIpc) is 3.35. The van der Waals surface area contributed by atoms with Gasteiger partial charge >= 0.3 is 0 Å². The van der Waals surface area contributed by atoms with Crippen LogP contribution in [0.5, 0.6) is 5.75 Å². The highest BCUT2D eigenvalue weighted by molar-refractivity contribution is 9.10. The number of benzene rings is 2. The number of ether oxygens (including phenoxy) is 1. The molecule has 0 aromatic heterocycles. The van der Waals surface area contributed by atoms with E-state index >= 15 is 0 Å². The molecule has 0 bridgehead atoms. The lowest BCUT2D eigenvalue weighted by molar-refractivity contribution is -0.123. The summed E-state index contributed by atoms with van der Waals surface area (Å²) < 4.78 is 19.3. The number of hydrogen-bond donors (Lipinski definition) is 1. The van der Waals surface area contributed by atoms with Gasteiger partial charge in [-0.2, -0.15) is 0 Å². The van der Waals surface area contributed by atoms with Crippen molar-refractivity contribution in [3.8, 4) is 5.75 Å². The molecule has 0 aliphatic heterocycles. The predicted molar refractivity (Wildman–Crippen MR) is 90.0 cm³/mol. The smallest absolute Gasteiger partial charge is 0.230 e. The molecule has 0 saturated heterocycles. The van der Waals surface area contributed by atoms with Crippen molar-refractivity contribution in [2.75, 3.05) is 13.2 Å². The van der Waals surface area contributed by atoms with Gasteiger partial charge in [0.15, 0.2) is 0 Å². The van der Waals surface area contributed by atoms with Crippen molar-refractivity contribution in [3.05, 3.63) is 64.4 Å². The zero-order valence-corrected chi connectivity index (χ0v) is 14.1. The van der Waals surface area contributed by atoms with Gasteiger partial charge in [0, 0.05) is 4.47 Å². The normalized spacial score (nSPS) is 15.0. The van der Waals surface area contributed by atoms with Gasteiger partial charge in [0.2, 0.25) is 5.91 Å². The van der Waals surface area contributed by atoms with Crippen molar-refractivity contribution < 1.29 is 13.9 Å². The molecule has 1 aliphatic carbocycles. The summed E-state index contributed by atoms with van der Waals surface area (Å²) in [5.41, 5.74) is 0.656. The van der Waals surface area contributed by atoms with Crippen molar-refractivity contribution in [3.63, 3.8) is 0 Å². The fourth-order valence-electron chi connectivity index (χ4n) is 2.59. The summed E-state index contributed by atoms with van der Waals surface area (Å²) in [5, 5.41) is 2.93. The zero-order chi connectivity index (χ0) is 16.3. The molecule has 23 heavy (non-hydrogen) atoms. The molecule has 0 radical (unpaired) electrons. The molecule has 0 unspecified atom stereocenters. The topological polar surface area (TPSA) is 38.3 Å². The Kier molecular flexibility index (Phi) is 4.66. The van der Waals surface area contributed by atoms with Crippen LogP contribution < -0.4 is 10.1 Å². The summed E-state index contributed by atoms with van der Waals surface area (Å²) in [5.74, 6) is 0.336. The summed E-state index contributed by atoms with van der Waals surface area (Å²) in [7, 11) is 0. The zero-order valence-electron chi connectivity index (χ0n) is 12.5. The standard InChI is InChI=1S/C18H17BrFNO2/c19-14-3-1-2-13(12-14)18(8-9-18)17(22)21-10-11-23-16-6-4-15(20)5-7-16/h1-7,12H,8-11H2,(H,21,22). The van der Waals surface area contributed by atoms with Crippen molar-refractivity contribution in [1.82, 2.24) is 5.32 Å². The molecule has 1 aliphatic rings. The van der Waals surface area contributed by atoms with Gasteiger partial charge in [0.25, 0.3) is 0 Å². The fraction of sp³-hybridized carbons (Fsp3) is 0.278. The SMILES string of the molecule is O=C(NCCOc1ccc(F)cc1)C1(c2cccc(Br)c2)CC1. The molecule has 5 heteroatoms. The summed E-state index contributed by atoms with van der Waals surface area (Å²) in [6.45, 7) is 0.776. The lowest BCUT2D eigenvalue weighted by atomic mass is 9.95. The number of nitrogens with one attached hydrogen (secondary N) is 1. The first-order chi connectivity index (χ1) is 11.1. The van der Waals surface area contributed by atoms with E-state index in [9.17, 15) is 9.18 Å². The van der Waals surface area contributed by atoms with Gasteiger partial charge in [0.05, 0.1) is 12.0 Å². The van der Waals surface area contributed by atoms with Crippen LogP contribution in [0.1, 0.15) is 18.4 Å². The van der Waals surface area contributed by atoms with Gasteiger partial charge in [-0.1, -0.05) is 28.1 Å². The minimum absolute atomic E-state index is 0.0401. The van der Waals surface area contributed by atoms with E-state index in [0.717, 1.165) is 22.9 Å². The molecular formula is C18H17BrFNO2. The largest absolute Gasteiger partial charge is 0.492 e. The van der Waals surface area contributed by atoms with Crippen molar-refractivity contribution in [1.29, 1.82) is 0 Å². The molecule has 3 rings (SSSR count). The minimum atomic E-state index is -0.389. The Bertz CT molecular complexity index is 698. The van der Waals surface area contributed by atoms with E-state index in [-0.39, 0.29) is 17.1 Å². The first-order valence-electron chi connectivity index (χ1n) is 7.53. The summed E-state index contributed by atoms with van der Waals surface area (Å²) >= 11 is 3.45. The molecule has 1 N–H and O–H groups in total. The Hall–Kier alpha value is -1.88. The fourth-order valence-corrected chi connectivity index (χ4v) is 2.99. The highest BCUT2D eigenvalue weighted by Crippen LogP contribution is 2.48. The van der Waals surface area contributed by atoms with Gasteiger partial charge in [-0.15, -0.1) is 0 Å². The van der Waals surface area contributed by atoms with Crippen LogP contribution in [0.3, 0.4) is 0 Å². The van der Waals surface area contributed by atoms with E-state index in [1.54, 1.807) is 12.1 Å². The second-order valence-corrected chi connectivity index (χ2v) is 6.57. The quantitative estimate of drug-likeness (QED) is 0.777. The van der Waals surface area contributed by atoms with Crippen LogP contribution in [0, 0.1) is 5.82 Å². The molecule has 2 aromatic rings.